The molecule has 0 fully saturated rings. The minimum atomic E-state index is 0.297. The highest BCUT2D eigenvalue weighted by molar-refractivity contribution is 5.24. The van der Waals surface area contributed by atoms with Crippen LogP contribution in [0.1, 0.15) is 47.6 Å². The lowest BCUT2D eigenvalue weighted by Gasteiger charge is -2.25. The van der Waals surface area contributed by atoms with Crippen molar-refractivity contribution in [2.45, 2.75) is 59.7 Å². The van der Waals surface area contributed by atoms with Crippen molar-refractivity contribution in [1.29, 1.82) is 0 Å². The third kappa shape index (κ3) is 3.54. The summed E-state index contributed by atoms with van der Waals surface area (Å²) in [6, 6.07) is 2.86. The van der Waals surface area contributed by atoms with Crippen LogP contribution in [0.4, 0.5) is 5.82 Å². The highest BCUT2D eigenvalue weighted by Crippen LogP contribution is 2.18. The molecule has 5 nitrogen and oxygen atoms in total. The topological polar surface area (TPSA) is 45.8 Å². The molecule has 0 N–H and O–H groups in total. The summed E-state index contributed by atoms with van der Waals surface area (Å²) in [5.74, 6) is 0.798. The zero-order valence-corrected chi connectivity index (χ0v) is 11.6. The van der Waals surface area contributed by atoms with Gasteiger partial charge in [-0.05, 0) is 41.5 Å². The van der Waals surface area contributed by atoms with Crippen molar-refractivity contribution in [2.75, 3.05) is 0 Å². The normalized spacial score (nSPS) is 12.3. The smallest absolute Gasteiger partial charge is 0.174 e. The molecule has 1 aromatic rings. The monoisotopic (exact) mass is 237 g/mol. The zero-order chi connectivity index (χ0) is 13.0. The van der Waals surface area contributed by atoms with Crippen LogP contribution in [0.15, 0.2) is 22.6 Å². The van der Waals surface area contributed by atoms with Crippen LogP contribution in [0.25, 0.3) is 0 Å². The van der Waals surface area contributed by atoms with E-state index in [1.807, 2.05) is 15.8 Å². The Bertz CT molecular complexity index is 357. The van der Waals surface area contributed by atoms with Crippen molar-refractivity contribution >= 4 is 5.82 Å². The van der Waals surface area contributed by atoms with Gasteiger partial charge in [0.15, 0.2) is 5.82 Å². The molecule has 0 bridgehead atoms. The Kier molecular flexibility index (Phi) is 4.66. The Labute approximate surface area is 103 Å². The number of nitrogens with zero attached hydrogens (tertiary/aromatic N) is 5. The Morgan fingerprint density at radius 3 is 2.18 bits per heavy atom. The maximum absolute atomic E-state index is 4.31. The molecule has 0 saturated heterocycles. The fraction of sp³-hybridized carbons (Fsp3) is 0.750. The molecule has 0 radical (unpaired) electrons. The van der Waals surface area contributed by atoms with Gasteiger partial charge in [0, 0.05) is 24.2 Å². The molecule has 0 amide bonds. The van der Waals surface area contributed by atoms with Gasteiger partial charge in [0.2, 0.25) is 0 Å². The fourth-order valence-corrected chi connectivity index (χ4v) is 1.68. The van der Waals surface area contributed by atoms with Gasteiger partial charge in [-0.15, -0.1) is 5.11 Å². The van der Waals surface area contributed by atoms with Gasteiger partial charge in [0.05, 0.1) is 6.20 Å². The highest BCUT2D eigenvalue weighted by atomic mass is 15.6. The molecule has 0 aliphatic rings. The SMILES string of the molecule is CC(C)N(/N=N/c1ccnn1C(C)C)C(C)C. The first-order valence-corrected chi connectivity index (χ1v) is 6.17. The molecule has 1 heterocycles. The van der Waals surface area contributed by atoms with Gasteiger partial charge < -0.3 is 0 Å². The summed E-state index contributed by atoms with van der Waals surface area (Å²) in [6.07, 6.45) is 1.75. The molecule has 5 heteroatoms. The predicted molar refractivity (Wildman–Crippen MR) is 69.2 cm³/mol. The Balaban J connectivity index is 2.85. The Morgan fingerprint density at radius 2 is 1.71 bits per heavy atom. The molecular formula is C12H23N5. The maximum atomic E-state index is 4.31. The molecule has 0 saturated carbocycles. The van der Waals surface area contributed by atoms with Crippen LogP contribution in [0.3, 0.4) is 0 Å². The van der Waals surface area contributed by atoms with E-state index in [4.69, 9.17) is 0 Å². The van der Waals surface area contributed by atoms with E-state index in [2.05, 4.69) is 57.0 Å². The number of rotatable bonds is 5. The van der Waals surface area contributed by atoms with E-state index in [0.29, 0.717) is 18.1 Å². The van der Waals surface area contributed by atoms with Crippen molar-refractivity contribution < 1.29 is 0 Å². The lowest BCUT2D eigenvalue weighted by Crippen LogP contribution is -2.31. The van der Waals surface area contributed by atoms with Crippen molar-refractivity contribution in [1.82, 2.24) is 14.8 Å². The van der Waals surface area contributed by atoms with Gasteiger partial charge in [-0.1, -0.05) is 5.22 Å². The molecule has 17 heavy (non-hydrogen) atoms. The van der Waals surface area contributed by atoms with Gasteiger partial charge in [0.1, 0.15) is 0 Å². The number of aromatic nitrogens is 2. The molecule has 0 aliphatic carbocycles. The van der Waals surface area contributed by atoms with E-state index in [1.54, 1.807) is 6.20 Å². The van der Waals surface area contributed by atoms with Crippen molar-refractivity contribution in [3.8, 4) is 0 Å². The second-order valence-electron chi connectivity index (χ2n) is 4.98. The van der Waals surface area contributed by atoms with E-state index < -0.39 is 0 Å². The minimum Gasteiger partial charge on any atom is -0.273 e. The zero-order valence-electron chi connectivity index (χ0n) is 11.6. The van der Waals surface area contributed by atoms with Crippen LogP contribution in [0.5, 0.6) is 0 Å². The quantitative estimate of drug-likeness (QED) is 0.580. The molecule has 1 rings (SSSR count). The maximum Gasteiger partial charge on any atom is 0.174 e. The Morgan fingerprint density at radius 1 is 1.12 bits per heavy atom. The summed E-state index contributed by atoms with van der Waals surface area (Å²) >= 11 is 0. The van der Waals surface area contributed by atoms with Gasteiger partial charge >= 0.3 is 0 Å². The van der Waals surface area contributed by atoms with Crippen LogP contribution in [0.2, 0.25) is 0 Å². The van der Waals surface area contributed by atoms with Crippen molar-refractivity contribution in [3.63, 3.8) is 0 Å². The van der Waals surface area contributed by atoms with Crippen molar-refractivity contribution in [2.24, 2.45) is 10.3 Å². The summed E-state index contributed by atoms with van der Waals surface area (Å²) in [5, 5.41) is 14.8. The van der Waals surface area contributed by atoms with Crippen molar-refractivity contribution in [3.05, 3.63) is 12.3 Å². The molecule has 0 aromatic carbocycles. The first-order chi connectivity index (χ1) is 7.93. The molecule has 0 unspecified atom stereocenters. The average molecular weight is 237 g/mol. The second kappa shape index (κ2) is 5.80. The van der Waals surface area contributed by atoms with Crippen LogP contribution in [-0.4, -0.2) is 26.9 Å². The van der Waals surface area contributed by atoms with Crippen LogP contribution in [0, 0.1) is 0 Å². The van der Waals surface area contributed by atoms with Crippen LogP contribution in [-0.2, 0) is 0 Å². The first-order valence-electron chi connectivity index (χ1n) is 6.17. The summed E-state index contributed by atoms with van der Waals surface area (Å²) in [5.41, 5.74) is 0. The third-order valence-electron chi connectivity index (χ3n) is 2.45. The molecule has 0 atom stereocenters. The molecule has 0 spiro atoms. The summed E-state index contributed by atoms with van der Waals surface area (Å²) in [4.78, 5) is 0. The lowest BCUT2D eigenvalue weighted by atomic mass is 10.3. The number of hydrogen-bond donors (Lipinski definition) is 0. The van der Waals surface area contributed by atoms with E-state index in [9.17, 15) is 0 Å². The van der Waals surface area contributed by atoms with Crippen LogP contribution < -0.4 is 0 Å². The van der Waals surface area contributed by atoms with Crippen LogP contribution >= 0.6 is 0 Å². The number of hydrogen-bond acceptors (Lipinski definition) is 3. The predicted octanol–water partition coefficient (Wildman–Crippen LogP) is 3.58. The first kappa shape index (κ1) is 13.7. The minimum absolute atomic E-state index is 0.297. The van der Waals surface area contributed by atoms with E-state index in [1.165, 1.54) is 0 Å². The second-order valence-corrected chi connectivity index (χ2v) is 4.98. The van der Waals surface area contributed by atoms with Gasteiger partial charge in [-0.3, -0.25) is 5.01 Å². The van der Waals surface area contributed by atoms with Gasteiger partial charge in [-0.25, -0.2) is 4.68 Å². The van der Waals surface area contributed by atoms with Gasteiger partial charge in [-0.2, -0.15) is 5.10 Å². The third-order valence-corrected chi connectivity index (χ3v) is 2.45. The van der Waals surface area contributed by atoms with E-state index in [-0.39, 0.29) is 0 Å². The standard InChI is InChI=1S/C12H23N5/c1-9(2)16(10(3)4)15-14-12-7-8-13-17(12)11(5)6/h7-11H,1-6H3/b15-14+. The summed E-state index contributed by atoms with van der Waals surface area (Å²) in [6.45, 7) is 12.6. The summed E-state index contributed by atoms with van der Waals surface area (Å²) < 4.78 is 1.86. The lowest BCUT2D eigenvalue weighted by molar-refractivity contribution is 0.169. The van der Waals surface area contributed by atoms with Gasteiger partial charge in [0.25, 0.3) is 0 Å². The largest absolute Gasteiger partial charge is 0.273 e. The molecule has 0 aliphatic heterocycles. The summed E-state index contributed by atoms with van der Waals surface area (Å²) in [7, 11) is 0. The average Bonchev–Trinajstić information content (AvgIpc) is 2.64. The van der Waals surface area contributed by atoms with E-state index >= 15 is 0 Å². The molecule has 1 aromatic heterocycles. The highest BCUT2D eigenvalue weighted by Gasteiger charge is 2.11. The molecule has 96 valence electrons. The molecular weight excluding hydrogens is 214 g/mol. The Hall–Kier alpha value is -1.39. The van der Waals surface area contributed by atoms with E-state index in [0.717, 1.165) is 5.82 Å². The fourth-order valence-electron chi connectivity index (χ4n) is 1.68.